The normalized spacial score (nSPS) is 12.6. The molecule has 0 saturated carbocycles. The van der Waals surface area contributed by atoms with Crippen LogP contribution in [-0.4, -0.2) is 14.6 Å². The van der Waals surface area contributed by atoms with Crippen molar-refractivity contribution in [1.82, 2.24) is 14.6 Å². The second-order valence-electron chi connectivity index (χ2n) is 4.98. The van der Waals surface area contributed by atoms with Gasteiger partial charge in [0.1, 0.15) is 12.1 Å². The predicted octanol–water partition coefficient (Wildman–Crippen LogP) is 4.52. The van der Waals surface area contributed by atoms with Crippen LogP contribution < -0.4 is 5.32 Å². The first-order chi connectivity index (χ1) is 10.0. The van der Waals surface area contributed by atoms with Gasteiger partial charge in [0.25, 0.3) is 0 Å². The lowest BCUT2D eigenvalue weighted by atomic mass is 10.1. The van der Waals surface area contributed by atoms with Crippen LogP contribution in [0.1, 0.15) is 24.1 Å². The molecule has 1 atom stereocenters. The largest absolute Gasteiger partial charge is 0.363 e. The minimum absolute atomic E-state index is 0.0176. The Morgan fingerprint density at radius 3 is 2.76 bits per heavy atom. The number of halogens is 2. The fraction of sp³-hybridized carbons (Fsp3) is 0.200. The van der Waals surface area contributed by atoms with Crippen LogP contribution in [0.15, 0.2) is 36.7 Å². The van der Waals surface area contributed by atoms with Crippen LogP contribution in [-0.2, 0) is 0 Å². The standard InChI is InChI=1S/C15H14Cl2N4/c1-9-5-14-18-8-19-21(14)15(6-9)20-10(2)12-4-3-11(16)7-13(12)17/h3-8,10,20H,1-2H3. The number of rotatable bonds is 3. The zero-order chi connectivity index (χ0) is 15.0. The lowest BCUT2D eigenvalue weighted by Crippen LogP contribution is -2.11. The van der Waals surface area contributed by atoms with Gasteiger partial charge in [-0.3, -0.25) is 0 Å². The van der Waals surface area contributed by atoms with Crippen molar-refractivity contribution in [1.29, 1.82) is 0 Å². The third-order valence-electron chi connectivity index (χ3n) is 3.32. The van der Waals surface area contributed by atoms with Crippen molar-refractivity contribution in [3.63, 3.8) is 0 Å². The number of aryl methyl sites for hydroxylation is 1. The van der Waals surface area contributed by atoms with Gasteiger partial charge >= 0.3 is 0 Å². The molecule has 0 fully saturated rings. The molecule has 3 rings (SSSR count). The van der Waals surface area contributed by atoms with E-state index in [1.807, 2.05) is 38.1 Å². The fourth-order valence-electron chi connectivity index (χ4n) is 2.31. The summed E-state index contributed by atoms with van der Waals surface area (Å²) in [5.41, 5.74) is 2.91. The number of hydrogen-bond acceptors (Lipinski definition) is 3. The predicted molar refractivity (Wildman–Crippen MR) is 86.2 cm³/mol. The highest BCUT2D eigenvalue weighted by Crippen LogP contribution is 2.28. The minimum Gasteiger partial charge on any atom is -0.363 e. The van der Waals surface area contributed by atoms with E-state index in [-0.39, 0.29) is 6.04 Å². The Morgan fingerprint density at radius 2 is 2.00 bits per heavy atom. The highest BCUT2D eigenvalue weighted by atomic mass is 35.5. The van der Waals surface area contributed by atoms with Gasteiger partial charge in [-0.2, -0.15) is 9.61 Å². The molecule has 0 saturated heterocycles. The smallest absolute Gasteiger partial charge is 0.157 e. The van der Waals surface area contributed by atoms with Crippen LogP contribution in [0.5, 0.6) is 0 Å². The molecule has 0 aliphatic heterocycles. The lowest BCUT2D eigenvalue weighted by Gasteiger charge is -2.18. The van der Waals surface area contributed by atoms with Crippen molar-refractivity contribution in [2.45, 2.75) is 19.9 Å². The van der Waals surface area contributed by atoms with Crippen LogP contribution in [0.2, 0.25) is 10.0 Å². The van der Waals surface area contributed by atoms with Gasteiger partial charge in [-0.15, -0.1) is 0 Å². The average molecular weight is 321 g/mol. The topological polar surface area (TPSA) is 42.2 Å². The van der Waals surface area contributed by atoms with E-state index in [4.69, 9.17) is 23.2 Å². The van der Waals surface area contributed by atoms with Crippen LogP contribution >= 0.6 is 23.2 Å². The van der Waals surface area contributed by atoms with Crippen molar-refractivity contribution >= 4 is 34.7 Å². The van der Waals surface area contributed by atoms with Crippen LogP contribution in [0, 0.1) is 6.92 Å². The van der Waals surface area contributed by atoms with Gasteiger partial charge in [0, 0.05) is 10.0 Å². The van der Waals surface area contributed by atoms with Gasteiger partial charge in [0.05, 0.1) is 6.04 Å². The molecule has 1 N–H and O–H groups in total. The Hall–Kier alpha value is -1.78. The third kappa shape index (κ3) is 2.82. The van der Waals surface area contributed by atoms with Crippen molar-refractivity contribution < 1.29 is 0 Å². The summed E-state index contributed by atoms with van der Waals surface area (Å²) in [6.07, 6.45) is 1.54. The first kappa shape index (κ1) is 14.2. The molecule has 1 aromatic carbocycles. The average Bonchev–Trinajstić information content (AvgIpc) is 2.86. The van der Waals surface area contributed by atoms with Crippen molar-refractivity contribution in [2.24, 2.45) is 0 Å². The summed E-state index contributed by atoms with van der Waals surface area (Å²) in [4.78, 5) is 4.22. The molecular weight excluding hydrogens is 307 g/mol. The van der Waals surface area contributed by atoms with E-state index in [2.05, 4.69) is 15.4 Å². The number of benzene rings is 1. The van der Waals surface area contributed by atoms with Crippen LogP contribution in [0.4, 0.5) is 5.82 Å². The maximum Gasteiger partial charge on any atom is 0.157 e. The third-order valence-corrected chi connectivity index (χ3v) is 3.88. The number of aromatic nitrogens is 3. The fourth-order valence-corrected chi connectivity index (χ4v) is 2.88. The Bertz CT molecular complexity index is 797. The summed E-state index contributed by atoms with van der Waals surface area (Å²) in [5, 5.41) is 8.93. The van der Waals surface area contributed by atoms with E-state index in [1.165, 1.54) is 0 Å². The van der Waals surface area contributed by atoms with E-state index in [0.29, 0.717) is 10.0 Å². The Morgan fingerprint density at radius 1 is 1.19 bits per heavy atom. The summed E-state index contributed by atoms with van der Waals surface area (Å²) in [6, 6.07) is 9.54. The molecule has 2 aromatic heterocycles. The molecule has 0 bridgehead atoms. The summed E-state index contributed by atoms with van der Waals surface area (Å²) in [5.74, 6) is 0.876. The number of fused-ring (bicyclic) bond motifs is 1. The van der Waals surface area contributed by atoms with E-state index in [9.17, 15) is 0 Å². The Labute approximate surface area is 132 Å². The zero-order valence-corrected chi connectivity index (χ0v) is 13.2. The highest BCUT2D eigenvalue weighted by molar-refractivity contribution is 6.35. The summed E-state index contributed by atoms with van der Waals surface area (Å²) in [6.45, 7) is 4.07. The lowest BCUT2D eigenvalue weighted by molar-refractivity contribution is 0.845. The molecule has 0 radical (unpaired) electrons. The summed E-state index contributed by atoms with van der Waals surface area (Å²) >= 11 is 12.2. The van der Waals surface area contributed by atoms with E-state index < -0.39 is 0 Å². The van der Waals surface area contributed by atoms with Gasteiger partial charge in [0.2, 0.25) is 0 Å². The summed E-state index contributed by atoms with van der Waals surface area (Å²) < 4.78 is 1.77. The quantitative estimate of drug-likeness (QED) is 0.771. The van der Waals surface area contributed by atoms with Gasteiger partial charge in [0.15, 0.2) is 5.65 Å². The maximum absolute atomic E-state index is 6.26. The molecular formula is C15H14Cl2N4. The van der Waals surface area contributed by atoms with Gasteiger partial charge in [-0.1, -0.05) is 29.3 Å². The molecule has 108 valence electrons. The minimum atomic E-state index is 0.0176. The first-order valence-electron chi connectivity index (χ1n) is 6.56. The molecule has 21 heavy (non-hydrogen) atoms. The molecule has 4 nitrogen and oxygen atoms in total. The number of nitrogens with zero attached hydrogens (tertiary/aromatic N) is 3. The highest BCUT2D eigenvalue weighted by Gasteiger charge is 2.12. The van der Waals surface area contributed by atoms with Gasteiger partial charge in [-0.05, 0) is 49.2 Å². The first-order valence-corrected chi connectivity index (χ1v) is 7.32. The second kappa shape index (κ2) is 5.54. The van der Waals surface area contributed by atoms with Crippen molar-refractivity contribution in [3.8, 4) is 0 Å². The second-order valence-corrected chi connectivity index (χ2v) is 5.82. The van der Waals surface area contributed by atoms with Crippen LogP contribution in [0.25, 0.3) is 5.65 Å². The number of hydrogen-bond donors (Lipinski definition) is 1. The molecule has 0 aliphatic rings. The van der Waals surface area contributed by atoms with Gasteiger partial charge < -0.3 is 5.32 Å². The molecule has 1 unspecified atom stereocenters. The van der Waals surface area contributed by atoms with Crippen molar-refractivity contribution in [2.75, 3.05) is 5.32 Å². The molecule has 0 aliphatic carbocycles. The molecule has 0 amide bonds. The summed E-state index contributed by atoms with van der Waals surface area (Å²) in [7, 11) is 0. The molecule has 6 heteroatoms. The van der Waals surface area contributed by atoms with Crippen LogP contribution in [0.3, 0.4) is 0 Å². The molecule has 2 heterocycles. The van der Waals surface area contributed by atoms with E-state index >= 15 is 0 Å². The Balaban J connectivity index is 1.96. The number of nitrogens with one attached hydrogen (secondary N) is 1. The monoisotopic (exact) mass is 320 g/mol. The maximum atomic E-state index is 6.26. The SMILES string of the molecule is Cc1cc(NC(C)c2ccc(Cl)cc2Cl)n2ncnc2c1. The van der Waals surface area contributed by atoms with E-state index in [0.717, 1.165) is 22.6 Å². The molecule has 0 spiro atoms. The molecule has 3 aromatic rings. The van der Waals surface area contributed by atoms with Crippen molar-refractivity contribution in [3.05, 3.63) is 57.8 Å². The number of anilines is 1. The van der Waals surface area contributed by atoms with Gasteiger partial charge in [-0.25, -0.2) is 4.98 Å². The van der Waals surface area contributed by atoms with E-state index in [1.54, 1.807) is 16.9 Å². The Kier molecular flexibility index (Phi) is 3.74. The zero-order valence-electron chi connectivity index (χ0n) is 11.6. The number of pyridine rings is 1.